The highest BCUT2D eigenvalue weighted by atomic mass is 19.1. The van der Waals surface area contributed by atoms with E-state index in [1.54, 1.807) is 7.11 Å². The maximum absolute atomic E-state index is 13.8. The SMILES string of the molecule is CCCC[C@H](F)C(=O)OC1CCC(CCc2ccc(-c3ccc(OC)c(C#N)c3)cc2)CC1. The highest BCUT2D eigenvalue weighted by molar-refractivity contribution is 5.74. The van der Waals surface area contributed by atoms with Gasteiger partial charge in [0.25, 0.3) is 0 Å². The topological polar surface area (TPSA) is 59.3 Å². The highest BCUT2D eigenvalue weighted by Gasteiger charge is 2.27. The number of halogens is 1. The first-order valence-corrected chi connectivity index (χ1v) is 12.1. The summed E-state index contributed by atoms with van der Waals surface area (Å²) in [4.78, 5) is 11.9. The van der Waals surface area contributed by atoms with Gasteiger partial charge in [-0.15, -0.1) is 0 Å². The summed E-state index contributed by atoms with van der Waals surface area (Å²) in [6.07, 6.45) is 6.05. The average Bonchev–Trinajstić information content (AvgIpc) is 2.86. The van der Waals surface area contributed by atoms with Gasteiger partial charge in [0.05, 0.1) is 12.7 Å². The number of rotatable bonds is 10. The number of esters is 1. The molecule has 0 radical (unpaired) electrons. The van der Waals surface area contributed by atoms with Gasteiger partial charge in [-0.2, -0.15) is 5.26 Å². The lowest BCUT2D eigenvalue weighted by Crippen LogP contribution is -2.29. The number of benzene rings is 2. The van der Waals surface area contributed by atoms with E-state index in [1.807, 2.05) is 25.1 Å². The summed E-state index contributed by atoms with van der Waals surface area (Å²) in [7, 11) is 1.57. The molecular weight excluding hydrogens is 417 g/mol. The van der Waals surface area contributed by atoms with Crippen molar-refractivity contribution < 1.29 is 18.7 Å². The summed E-state index contributed by atoms with van der Waals surface area (Å²) in [6.45, 7) is 1.99. The minimum atomic E-state index is -1.48. The van der Waals surface area contributed by atoms with Gasteiger partial charge in [0.2, 0.25) is 0 Å². The molecule has 1 fully saturated rings. The van der Waals surface area contributed by atoms with Crippen LogP contribution in [-0.2, 0) is 16.0 Å². The average molecular weight is 452 g/mol. The number of hydrogen-bond acceptors (Lipinski definition) is 4. The van der Waals surface area contributed by atoms with Crippen LogP contribution in [0.15, 0.2) is 42.5 Å². The molecule has 1 atom stereocenters. The molecule has 0 bridgehead atoms. The minimum Gasteiger partial charge on any atom is -0.495 e. The third-order valence-electron chi connectivity index (χ3n) is 6.59. The molecule has 0 aromatic heterocycles. The van der Waals surface area contributed by atoms with Gasteiger partial charge in [-0.3, -0.25) is 0 Å². The molecule has 1 aliphatic carbocycles. The van der Waals surface area contributed by atoms with Gasteiger partial charge in [-0.25, -0.2) is 9.18 Å². The van der Waals surface area contributed by atoms with E-state index in [0.717, 1.165) is 56.1 Å². The van der Waals surface area contributed by atoms with Crippen LogP contribution < -0.4 is 4.74 Å². The fourth-order valence-corrected chi connectivity index (χ4v) is 4.49. The number of nitrogens with zero attached hydrogens (tertiary/aromatic N) is 1. The Balaban J connectivity index is 1.44. The third kappa shape index (κ3) is 7.05. The number of methoxy groups -OCH3 is 1. The number of alkyl halides is 1. The Kier molecular flexibility index (Phi) is 9.30. The van der Waals surface area contributed by atoms with Gasteiger partial charge in [0.1, 0.15) is 17.9 Å². The summed E-state index contributed by atoms with van der Waals surface area (Å²) in [6, 6.07) is 16.3. The molecule has 176 valence electrons. The van der Waals surface area contributed by atoms with E-state index in [1.165, 1.54) is 5.56 Å². The van der Waals surface area contributed by atoms with Crippen molar-refractivity contribution in [2.24, 2.45) is 5.92 Å². The predicted octanol–water partition coefficient (Wildman–Crippen LogP) is 6.80. The van der Waals surface area contributed by atoms with E-state index >= 15 is 0 Å². The number of hydrogen-bond donors (Lipinski definition) is 0. The molecule has 33 heavy (non-hydrogen) atoms. The van der Waals surface area contributed by atoms with Gasteiger partial charge >= 0.3 is 5.97 Å². The van der Waals surface area contributed by atoms with Gasteiger partial charge in [0, 0.05) is 0 Å². The van der Waals surface area contributed by atoms with Crippen molar-refractivity contribution in [3.63, 3.8) is 0 Å². The monoisotopic (exact) mass is 451 g/mol. The van der Waals surface area contributed by atoms with Crippen molar-refractivity contribution in [1.82, 2.24) is 0 Å². The van der Waals surface area contributed by atoms with Gasteiger partial charge in [-0.1, -0.05) is 50.1 Å². The second-order valence-corrected chi connectivity index (χ2v) is 8.95. The number of carbonyl (C=O) groups excluding carboxylic acids is 1. The molecule has 0 amide bonds. The molecule has 0 spiro atoms. The summed E-state index contributed by atoms with van der Waals surface area (Å²) in [5.41, 5.74) is 3.89. The first-order chi connectivity index (χ1) is 16.0. The molecule has 3 rings (SSSR count). The quantitative estimate of drug-likeness (QED) is 0.373. The minimum absolute atomic E-state index is 0.129. The summed E-state index contributed by atoms with van der Waals surface area (Å²) < 4.78 is 24.5. The fraction of sp³-hybridized carbons (Fsp3) is 0.500. The zero-order chi connectivity index (χ0) is 23.6. The predicted molar refractivity (Wildman–Crippen MR) is 128 cm³/mol. The number of unbranched alkanes of at least 4 members (excludes halogenated alkanes) is 1. The van der Waals surface area contributed by atoms with Gasteiger partial charge in [0.15, 0.2) is 6.17 Å². The van der Waals surface area contributed by atoms with Crippen LogP contribution in [-0.4, -0.2) is 25.4 Å². The van der Waals surface area contributed by atoms with E-state index in [4.69, 9.17) is 9.47 Å². The van der Waals surface area contributed by atoms with Crippen LogP contribution in [0.25, 0.3) is 11.1 Å². The summed E-state index contributed by atoms with van der Waals surface area (Å²) in [5, 5.41) is 9.30. The van der Waals surface area contributed by atoms with Gasteiger partial charge < -0.3 is 9.47 Å². The molecule has 1 aliphatic rings. The Labute approximate surface area is 196 Å². The molecule has 1 saturated carbocycles. The molecule has 0 heterocycles. The van der Waals surface area contributed by atoms with Crippen LogP contribution in [0, 0.1) is 17.2 Å². The lowest BCUT2D eigenvalue weighted by molar-refractivity contribution is -0.157. The first-order valence-electron chi connectivity index (χ1n) is 12.1. The lowest BCUT2D eigenvalue weighted by Gasteiger charge is -2.28. The molecule has 0 saturated heterocycles. The Morgan fingerprint density at radius 3 is 2.45 bits per heavy atom. The van der Waals surface area contributed by atoms with Crippen molar-refractivity contribution in [3.05, 3.63) is 53.6 Å². The Morgan fingerprint density at radius 1 is 1.12 bits per heavy atom. The van der Waals surface area contributed by atoms with E-state index in [-0.39, 0.29) is 12.5 Å². The van der Waals surface area contributed by atoms with Crippen LogP contribution in [0.2, 0.25) is 0 Å². The highest BCUT2D eigenvalue weighted by Crippen LogP contribution is 2.31. The maximum atomic E-state index is 13.8. The van der Waals surface area contributed by atoms with Crippen molar-refractivity contribution in [1.29, 1.82) is 5.26 Å². The number of carbonyl (C=O) groups is 1. The second-order valence-electron chi connectivity index (χ2n) is 8.95. The fourth-order valence-electron chi connectivity index (χ4n) is 4.49. The molecule has 2 aromatic carbocycles. The van der Waals surface area contributed by atoms with E-state index in [2.05, 4.69) is 30.3 Å². The molecule has 4 nitrogen and oxygen atoms in total. The summed E-state index contributed by atoms with van der Waals surface area (Å²) in [5.74, 6) is 0.523. The van der Waals surface area contributed by atoms with Crippen LogP contribution in [0.4, 0.5) is 4.39 Å². The zero-order valence-corrected chi connectivity index (χ0v) is 19.7. The molecule has 0 aliphatic heterocycles. The number of aryl methyl sites for hydroxylation is 1. The smallest absolute Gasteiger partial charge is 0.340 e. The largest absolute Gasteiger partial charge is 0.495 e. The number of ether oxygens (including phenoxy) is 2. The zero-order valence-electron chi connectivity index (χ0n) is 19.7. The maximum Gasteiger partial charge on any atom is 0.340 e. The van der Waals surface area contributed by atoms with Crippen LogP contribution in [0.5, 0.6) is 5.75 Å². The van der Waals surface area contributed by atoms with Crippen LogP contribution in [0.3, 0.4) is 0 Å². The van der Waals surface area contributed by atoms with Crippen molar-refractivity contribution >= 4 is 5.97 Å². The lowest BCUT2D eigenvalue weighted by atomic mass is 9.83. The molecule has 2 aromatic rings. The second kappa shape index (κ2) is 12.4. The third-order valence-corrected chi connectivity index (χ3v) is 6.59. The van der Waals surface area contributed by atoms with Crippen LogP contribution >= 0.6 is 0 Å². The van der Waals surface area contributed by atoms with Crippen molar-refractivity contribution in [2.75, 3.05) is 7.11 Å². The first kappa shape index (κ1) is 24.8. The number of nitriles is 1. The summed E-state index contributed by atoms with van der Waals surface area (Å²) >= 11 is 0. The molecule has 0 N–H and O–H groups in total. The molecule has 0 unspecified atom stereocenters. The standard InChI is InChI=1S/C28H34FNO3/c1-3-4-5-26(29)28(31)33-25-15-10-21(11-16-25)7-6-20-8-12-22(13-9-20)23-14-17-27(32-2)24(18-23)19-30/h8-9,12-14,17-18,21,25-26H,3-7,10-11,15-16H2,1-2H3/t21?,25?,26-/m0/s1. The van der Waals surface area contributed by atoms with Crippen LogP contribution in [0.1, 0.15) is 69.4 Å². The molecule has 5 heteroatoms. The van der Waals surface area contributed by atoms with Crippen molar-refractivity contribution in [3.8, 4) is 22.9 Å². The van der Waals surface area contributed by atoms with E-state index < -0.39 is 12.1 Å². The van der Waals surface area contributed by atoms with E-state index in [0.29, 0.717) is 23.7 Å². The van der Waals surface area contributed by atoms with Crippen molar-refractivity contribution in [2.45, 2.75) is 77.0 Å². The normalized spacial score (nSPS) is 18.8. The Morgan fingerprint density at radius 2 is 1.82 bits per heavy atom. The van der Waals surface area contributed by atoms with E-state index in [9.17, 15) is 14.4 Å². The Hall–Kier alpha value is -2.87. The Bertz CT molecular complexity index is 943. The molecular formula is C28H34FNO3. The van der Waals surface area contributed by atoms with Gasteiger partial charge in [-0.05, 0) is 79.7 Å².